The van der Waals surface area contributed by atoms with Gasteiger partial charge in [-0.05, 0) is 133 Å². The molecule has 11 rings (SSSR count). The molecule has 2 atom stereocenters. The van der Waals surface area contributed by atoms with Gasteiger partial charge in [-0.3, -0.25) is 0 Å². The zero-order valence-electron chi connectivity index (χ0n) is 32.6. The van der Waals surface area contributed by atoms with E-state index in [2.05, 4.69) is 163 Å². The molecule has 0 radical (unpaired) electrons. The largest absolute Gasteiger partial charge is 0.494 e. The Bertz CT molecular complexity index is 3090. The second-order valence-corrected chi connectivity index (χ2v) is 17.4. The van der Waals surface area contributed by atoms with Crippen molar-refractivity contribution in [2.24, 2.45) is 0 Å². The van der Waals surface area contributed by atoms with Gasteiger partial charge in [-0.1, -0.05) is 80.9 Å². The van der Waals surface area contributed by atoms with Crippen molar-refractivity contribution in [1.29, 1.82) is 0 Å². The monoisotopic (exact) mass is 760 g/mol. The molecule has 0 amide bonds. The smallest absolute Gasteiger partial charge is 0.133 e. The SMILES string of the molecule is CCCCOc1ccc2c(c1)c1ccccc1n2-c1cc(-c2ccc3sc4c(c3c2)CC(C)(n2c3ccccc3c3ccccc32)CC4C)cc(-c2ccco2)c1. The fourth-order valence-corrected chi connectivity index (χ4v) is 11.2. The highest BCUT2D eigenvalue weighted by Gasteiger charge is 2.39. The minimum Gasteiger partial charge on any atom is -0.494 e. The quantitative estimate of drug-likeness (QED) is 0.145. The number of rotatable bonds is 8. The number of thiophene rings is 1. The minimum atomic E-state index is -0.0804. The van der Waals surface area contributed by atoms with Crippen LogP contribution in [-0.2, 0) is 12.0 Å². The Morgan fingerprint density at radius 2 is 1.39 bits per heavy atom. The van der Waals surface area contributed by atoms with E-state index in [1.54, 1.807) is 6.26 Å². The van der Waals surface area contributed by atoms with Crippen LogP contribution in [0.1, 0.15) is 56.4 Å². The summed E-state index contributed by atoms with van der Waals surface area (Å²) in [6.07, 6.45) is 6.01. The summed E-state index contributed by atoms with van der Waals surface area (Å²) < 4.78 is 18.7. The van der Waals surface area contributed by atoms with Gasteiger partial charge in [0.15, 0.2) is 0 Å². The van der Waals surface area contributed by atoms with Crippen LogP contribution < -0.4 is 4.74 Å². The Morgan fingerprint density at radius 1 is 0.684 bits per heavy atom. The molecule has 10 aromatic rings. The van der Waals surface area contributed by atoms with Crippen LogP contribution in [0.5, 0.6) is 5.75 Å². The fraction of sp³-hybridized carbons (Fsp3) is 0.192. The maximum absolute atomic E-state index is 6.19. The van der Waals surface area contributed by atoms with E-state index in [0.29, 0.717) is 5.92 Å². The van der Waals surface area contributed by atoms with Gasteiger partial charge in [0.25, 0.3) is 0 Å². The Hall–Kier alpha value is -6.04. The predicted molar refractivity (Wildman–Crippen MR) is 240 cm³/mol. The molecule has 280 valence electrons. The van der Waals surface area contributed by atoms with Gasteiger partial charge in [-0.2, -0.15) is 0 Å². The normalized spacial score (nSPS) is 17.0. The topological polar surface area (TPSA) is 32.2 Å². The van der Waals surface area contributed by atoms with E-state index in [0.717, 1.165) is 60.6 Å². The molecule has 0 fully saturated rings. The number of fused-ring (bicyclic) bond motifs is 9. The first kappa shape index (κ1) is 34.2. The van der Waals surface area contributed by atoms with E-state index in [-0.39, 0.29) is 5.54 Å². The molecule has 0 N–H and O–H groups in total. The second-order valence-electron chi connectivity index (χ2n) is 16.3. The minimum absolute atomic E-state index is 0.0804. The molecule has 5 heteroatoms. The summed E-state index contributed by atoms with van der Waals surface area (Å²) in [5.74, 6) is 2.22. The highest BCUT2D eigenvalue weighted by molar-refractivity contribution is 7.19. The van der Waals surface area contributed by atoms with Gasteiger partial charge >= 0.3 is 0 Å². The first-order valence-electron chi connectivity index (χ1n) is 20.4. The van der Waals surface area contributed by atoms with Crippen molar-refractivity contribution >= 4 is 65.0 Å². The number of aromatic nitrogens is 2. The van der Waals surface area contributed by atoms with Gasteiger partial charge < -0.3 is 18.3 Å². The summed E-state index contributed by atoms with van der Waals surface area (Å²) in [5, 5.41) is 6.45. The summed E-state index contributed by atoms with van der Waals surface area (Å²) in [5.41, 5.74) is 10.9. The van der Waals surface area contributed by atoms with Crippen LogP contribution >= 0.6 is 11.3 Å². The highest BCUT2D eigenvalue weighted by atomic mass is 32.1. The molecule has 0 saturated heterocycles. The molecule has 0 bridgehead atoms. The highest BCUT2D eigenvalue weighted by Crippen LogP contribution is 2.50. The molecule has 2 unspecified atom stereocenters. The molecule has 0 aliphatic heterocycles. The van der Waals surface area contributed by atoms with Crippen molar-refractivity contribution in [2.45, 2.75) is 57.9 Å². The van der Waals surface area contributed by atoms with Crippen LogP contribution in [0.3, 0.4) is 0 Å². The molecular formula is C52H44N2O2S. The van der Waals surface area contributed by atoms with Gasteiger partial charge in [0, 0.05) is 58.9 Å². The maximum atomic E-state index is 6.19. The summed E-state index contributed by atoms with van der Waals surface area (Å²) in [6.45, 7) is 7.85. The van der Waals surface area contributed by atoms with Crippen LogP contribution in [0.15, 0.2) is 150 Å². The van der Waals surface area contributed by atoms with Gasteiger partial charge in [0.05, 0.1) is 23.9 Å². The molecular weight excluding hydrogens is 717 g/mol. The summed E-state index contributed by atoms with van der Waals surface area (Å²) in [4.78, 5) is 1.54. The Balaban J connectivity index is 1.07. The number of benzene rings is 6. The predicted octanol–water partition coefficient (Wildman–Crippen LogP) is 14.7. The molecule has 0 spiro atoms. The Kier molecular flexibility index (Phi) is 7.98. The van der Waals surface area contributed by atoms with E-state index in [1.165, 1.54) is 69.7 Å². The number of unbranched alkanes of at least 4 members (excludes halogenated alkanes) is 1. The molecule has 0 saturated carbocycles. The van der Waals surface area contributed by atoms with E-state index in [4.69, 9.17) is 9.15 Å². The standard InChI is InChI=1S/C52H44N2O2S/c1-4-5-24-55-38-21-22-46-42(30-38)41-15-6-9-16-45(41)53(46)37-27-35(26-36(28-37)49-19-12-25-56-49)34-20-23-50-43(29-34)44-32-52(3,31-33(2)51(44)57-50)54-47-17-10-7-13-39(47)40-14-8-11-18-48(40)54/h6-23,25-30,33H,4-5,24,31-32H2,1-3H3. The van der Waals surface area contributed by atoms with Crippen molar-refractivity contribution in [3.8, 4) is 33.9 Å². The maximum Gasteiger partial charge on any atom is 0.133 e. The van der Waals surface area contributed by atoms with Crippen molar-refractivity contribution in [1.82, 2.24) is 9.13 Å². The number of hydrogen-bond donors (Lipinski definition) is 0. The third kappa shape index (κ3) is 5.47. The molecule has 4 heterocycles. The zero-order chi connectivity index (χ0) is 38.3. The first-order chi connectivity index (χ1) is 28.0. The molecule has 57 heavy (non-hydrogen) atoms. The van der Waals surface area contributed by atoms with Crippen molar-refractivity contribution < 1.29 is 9.15 Å². The second kappa shape index (κ2) is 13.3. The summed E-state index contributed by atoms with van der Waals surface area (Å²) in [7, 11) is 0. The van der Waals surface area contributed by atoms with E-state index in [1.807, 2.05) is 17.4 Å². The van der Waals surface area contributed by atoms with Crippen molar-refractivity contribution in [3.63, 3.8) is 0 Å². The third-order valence-corrected chi connectivity index (χ3v) is 13.9. The lowest BCUT2D eigenvalue weighted by Gasteiger charge is -2.40. The molecule has 4 aromatic heterocycles. The Labute approximate surface area is 336 Å². The van der Waals surface area contributed by atoms with E-state index in [9.17, 15) is 0 Å². The van der Waals surface area contributed by atoms with E-state index < -0.39 is 0 Å². The zero-order valence-corrected chi connectivity index (χ0v) is 33.4. The van der Waals surface area contributed by atoms with Gasteiger partial charge in [0.2, 0.25) is 0 Å². The van der Waals surface area contributed by atoms with Gasteiger partial charge in [-0.15, -0.1) is 11.3 Å². The number of nitrogens with zero attached hydrogens (tertiary/aromatic N) is 2. The lowest BCUT2D eigenvalue weighted by Crippen LogP contribution is -2.37. The molecule has 6 aromatic carbocycles. The average Bonchev–Trinajstić information content (AvgIpc) is 4.04. The Morgan fingerprint density at radius 3 is 2.12 bits per heavy atom. The van der Waals surface area contributed by atoms with Crippen LogP contribution in [0.2, 0.25) is 0 Å². The third-order valence-electron chi connectivity index (χ3n) is 12.4. The van der Waals surface area contributed by atoms with Crippen LogP contribution in [0.25, 0.3) is 81.8 Å². The molecule has 1 aliphatic rings. The summed E-state index contributed by atoms with van der Waals surface area (Å²) in [6, 6.07) is 51.3. The van der Waals surface area contributed by atoms with Crippen LogP contribution in [0.4, 0.5) is 0 Å². The fourth-order valence-electron chi connectivity index (χ4n) is 9.95. The number of para-hydroxylation sites is 3. The van der Waals surface area contributed by atoms with Crippen molar-refractivity contribution in [2.75, 3.05) is 6.61 Å². The lowest BCUT2D eigenvalue weighted by atomic mass is 9.76. The van der Waals surface area contributed by atoms with Crippen molar-refractivity contribution in [3.05, 3.63) is 156 Å². The molecule has 1 aliphatic carbocycles. The van der Waals surface area contributed by atoms with Crippen LogP contribution in [0, 0.1) is 0 Å². The van der Waals surface area contributed by atoms with Gasteiger partial charge in [0.1, 0.15) is 11.5 Å². The van der Waals surface area contributed by atoms with Gasteiger partial charge in [-0.25, -0.2) is 0 Å². The number of hydrogen-bond acceptors (Lipinski definition) is 3. The lowest BCUT2D eigenvalue weighted by molar-refractivity contribution is 0.274. The van der Waals surface area contributed by atoms with Crippen LogP contribution in [-0.4, -0.2) is 15.7 Å². The number of ether oxygens (including phenoxy) is 1. The first-order valence-corrected chi connectivity index (χ1v) is 21.2. The molecule has 4 nitrogen and oxygen atoms in total. The summed E-state index contributed by atoms with van der Waals surface area (Å²) >= 11 is 1.99. The number of furan rings is 1. The average molecular weight is 761 g/mol. The van der Waals surface area contributed by atoms with E-state index >= 15 is 0 Å².